The van der Waals surface area contributed by atoms with Gasteiger partial charge in [-0.2, -0.15) is 0 Å². The van der Waals surface area contributed by atoms with Crippen LogP contribution in [0.5, 0.6) is 0 Å². The number of hydrogen-bond acceptors (Lipinski definition) is 3. The summed E-state index contributed by atoms with van der Waals surface area (Å²) >= 11 is 0. The highest BCUT2D eigenvalue weighted by molar-refractivity contribution is 5.97. The summed E-state index contributed by atoms with van der Waals surface area (Å²) in [5.41, 5.74) is 1.28. The smallest absolute Gasteiger partial charge is 0.261 e. The van der Waals surface area contributed by atoms with Crippen molar-refractivity contribution in [3.8, 4) is 0 Å². The Morgan fingerprint density at radius 1 is 1.24 bits per heavy atom. The quantitative estimate of drug-likeness (QED) is 0.856. The minimum Gasteiger partial charge on any atom is -0.342 e. The van der Waals surface area contributed by atoms with Gasteiger partial charge in [0.2, 0.25) is 0 Å². The molecule has 1 amide bonds. The van der Waals surface area contributed by atoms with E-state index in [0.29, 0.717) is 16.5 Å². The second-order valence-corrected chi connectivity index (χ2v) is 6.96. The maximum Gasteiger partial charge on any atom is 0.261 e. The third-order valence-electron chi connectivity index (χ3n) is 5.01. The van der Waals surface area contributed by atoms with E-state index < -0.39 is 0 Å². The average molecular weight is 341 g/mol. The van der Waals surface area contributed by atoms with Crippen LogP contribution in [0.25, 0.3) is 10.9 Å². The number of unbranched alkanes of at least 4 members (excludes halogenated alkanes) is 1. The molecule has 0 saturated carbocycles. The molecule has 0 spiro atoms. The summed E-state index contributed by atoms with van der Waals surface area (Å²) in [6.45, 7) is 3.60. The summed E-state index contributed by atoms with van der Waals surface area (Å²) < 4.78 is 1.83. The minimum atomic E-state index is -0.0102. The second-order valence-electron chi connectivity index (χ2n) is 6.96. The van der Waals surface area contributed by atoms with Crippen LogP contribution in [0.1, 0.15) is 61.6 Å². The fraction of sp³-hybridized carbons (Fsp3) is 0.550. The van der Waals surface area contributed by atoms with Crippen molar-refractivity contribution in [2.24, 2.45) is 0 Å². The predicted octanol–water partition coefficient (Wildman–Crippen LogP) is 3.39. The van der Waals surface area contributed by atoms with E-state index in [-0.39, 0.29) is 11.5 Å². The summed E-state index contributed by atoms with van der Waals surface area (Å²) in [6.07, 6.45) is 7.33. The van der Waals surface area contributed by atoms with E-state index in [1.165, 1.54) is 12.8 Å². The van der Waals surface area contributed by atoms with Crippen LogP contribution in [0.2, 0.25) is 0 Å². The predicted molar refractivity (Wildman–Crippen MR) is 100 cm³/mol. The molecule has 0 N–H and O–H groups in total. The number of rotatable bonds is 4. The van der Waals surface area contributed by atoms with Crippen LogP contribution in [0.15, 0.2) is 23.0 Å². The first-order valence-corrected chi connectivity index (χ1v) is 9.40. The molecule has 3 rings (SSSR count). The van der Waals surface area contributed by atoms with E-state index in [0.717, 1.165) is 51.0 Å². The molecule has 0 fully saturated rings. The van der Waals surface area contributed by atoms with Crippen LogP contribution in [0.4, 0.5) is 0 Å². The Bertz CT molecular complexity index is 826. The zero-order chi connectivity index (χ0) is 17.8. The summed E-state index contributed by atoms with van der Waals surface area (Å²) in [5, 5.41) is 0.608. The summed E-state index contributed by atoms with van der Waals surface area (Å²) in [4.78, 5) is 31.9. The highest BCUT2D eigenvalue weighted by atomic mass is 16.2. The van der Waals surface area contributed by atoms with Gasteiger partial charge < -0.3 is 4.90 Å². The van der Waals surface area contributed by atoms with Crippen molar-refractivity contribution in [3.63, 3.8) is 0 Å². The van der Waals surface area contributed by atoms with Gasteiger partial charge in [0.1, 0.15) is 5.82 Å². The van der Waals surface area contributed by atoms with Crippen molar-refractivity contribution in [3.05, 3.63) is 39.9 Å². The lowest BCUT2D eigenvalue weighted by Gasteiger charge is -2.18. The van der Waals surface area contributed by atoms with Gasteiger partial charge in [-0.05, 0) is 37.5 Å². The molecule has 2 aromatic rings. The summed E-state index contributed by atoms with van der Waals surface area (Å²) in [6, 6.07) is 5.30. The number of fused-ring (bicyclic) bond motifs is 2. The Hall–Kier alpha value is -2.17. The zero-order valence-electron chi connectivity index (χ0n) is 15.3. The van der Waals surface area contributed by atoms with Gasteiger partial charge in [0.25, 0.3) is 11.5 Å². The van der Waals surface area contributed by atoms with Gasteiger partial charge in [-0.1, -0.05) is 26.2 Å². The molecule has 0 saturated heterocycles. The lowest BCUT2D eigenvalue weighted by molar-refractivity contribution is 0.0793. The topological polar surface area (TPSA) is 55.2 Å². The normalized spacial score (nSPS) is 14.6. The van der Waals surface area contributed by atoms with Crippen LogP contribution in [0.3, 0.4) is 0 Å². The van der Waals surface area contributed by atoms with Crippen LogP contribution in [-0.4, -0.2) is 34.0 Å². The molecule has 5 nitrogen and oxygen atoms in total. The molecular weight excluding hydrogens is 314 g/mol. The molecule has 0 aliphatic carbocycles. The van der Waals surface area contributed by atoms with Gasteiger partial charge >= 0.3 is 0 Å². The number of nitrogens with zero attached hydrogens (tertiary/aromatic N) is 3. The van der Waals surface area contributed by atoms with Crippen LogP contribution < -0.4 is 5.56 Å². The zero-order valence-corrected chi connectivity index (χ0v) is 15.3. The van der Waals surface area contributed by atoms with Gasteiger partial charge in [0.05, 0.1) is 10.9 Å². The maximum atomic E-state index is 12.8. The first-order chi connectivity index (χ1) is 12.1. The Labute approximate surface area is 148 Å². The summed E-state index contributed by atoms with van der Waals surface area (Å²) in [7, 11) is 1.82. The highest BCUT2D eigenvalue weighted by Crippen LogP contribution is 2.17. The largest absolute Gasteiger partial charge is 0.342 e. The first-order valence-electron chi connectivity index (χ1n) is 9.40. The van der Waals surface area contributed by atoms with Crippen molar-refractivity contribution >= 4 is 16.8 Å². The molecule has 1 aromatic heterocycles. The standard InChI is InChI=1S/C20H27N3O2/c1-3-4-12-22(2)19(24)15-10-11-16-17(14-15)21-18-9-7-5-6-8-13-23(18)20(16)25/h10-11,14H,3-9,12-13H2,1-2H3. The lowest BCUT2D eigenvalue weighted by Crippen LogP contribution is -2.28. The molecule has 25 heavy (non-hydrogen) atoms. The molecule has 0 bridgehead atoms. The van der Waals surface area contributed by atoms with E-state index in [2.05, 4.69) is 6.92 Å². The molecular formula is C20H27N3O2. The average Bonchev–Trinajstić information content (AvgIpc) is 2.60. The van der Waals surface area contributed by atoms with Crippen molar-refractivity contribution in [2.45, 2.75) is 58.4 Å². The van der Waals surface area contributed by atoms with E-state index in [1.54, 1.807) is 23.1 Å². The van der Waals surface area contributed by atoms with Crippen molar-refractivity contribution in [2.75, 3.05) is 13.6 Å². The van der Waals surface area contributed by atoms with Gasteiger partial charge in [-0.15, -0.1) is 0 Å². The van der Waals surface area contributed by atoms with Gasteiger partial charge in [0.15, 0.2) is 0 Å². The second kappa shape index (κ2) is 7.81. The molecule has 0 radical (unpaired) electrons. The fourth-order valence-corrected chi connectivity index (χ4v) is 3.45. The van der Waals surface area contributed by atoms with E-state index in [1.807, 2.05) is 11.6 Å². The van der Waals surface area contributed by atoms with Crippen molar-refractivity contribution in [1.29, 1.82) is 0 Å². The molecule has 0 atom stereocenters. The van der Waals surface area contributed by atoms with E-state index in [4.69, 9.17) is 4.98 Å². The van der Waals surface area contributed by atoms with Gasteiger partial charge in [0, 0.05) is 32.1 Å². The number of carbonyl (C=O) groups excluding carboxylic acids is 1. The van der Waals surface area contributed by atoms with E-state index >= 15 is 0 Å². The molecule has 1 aromatic carbocycles. The molecule has 1 aliphatic rings. The Morgan fingerprint density at radius 3 is 2.84 bits per heavy atom. The maximum absolute atomic E-state index is 12.8. The number of aromatic nitrogens is 2. The number of carbonyl (C=O) groups is 1. The molecule has 1 aliphatic heterocycles. The third kappa shape index (κ3) is 3.75. The third-order valence-corrected chi connectivity index (χ3v) is 5.01. The lowest BCUT2D eigenvalue weighted by atomic mass is 10.1. The first kappa shape index (κ1) is 17.6. The number of aryl methyl sites for hydroxylation is 1. The minimum absolute atomic E-state index is 0.0102. The van der Waals surface area contributed by atoms with Crippen LogP contribution in [-0.2, 0) is 13.0 Å². The molecule has 5 heteroatoms. The van der Waals surface area contributed by atoms with Crippen molar-refractivity contribution in [1.82, 2.24) is 14.5 Å². The number of amides is 1. The summed E-state index contributed by atoms with van der Waals surface area (Å²) in [5.74, 6) is 0.852. The number of hydrogen-bond donors (Lipinski definition) is 0. The number of benzene rings is 1. The molecule has 134 valence electrons. The monoisotopic (exact) mass is 341 g/mol. The Balaban J connectivity index is 1.98. The molecule has 0 unspecified atom stereocenters. The van der Waals surface area contributed by atoms with Gasteiger partial charge in [-0.25, -0.2) is 4.98 Å². The highest BCUT2D eigenvalue weighted by Gasteiger charge is 2.16. The van der Waals surface area contributed by atoms with Gasteiger partial charge in [-0.3, -0.25) is 14.2 Å². The van der Waals surface area contributed by atoms with E-state index in [9.17, 15) is 9.59 Å². The Morgan fingerprint density at radius 2 is 2.04 bits per heavy atom. The molecule has 2 heterocycles. The SMILES string of the molecule is CCCCN(C)C(=O)c1ccc2c(=O)n3c(nc2c1)CCCCCC3. The van der Waals surface area contributed by atoms with Crippen molar-refractivity contribution < 1.29 is 4.79 Å². The Kier molecular flexibility index (Phi) is 5.51. The fourth-order valence-electron chi connectivity index (χ4n) is 3.45. The van der Waals surface area contributed by atoms with Crippen LogP contribution in [0, 0.1) is 0 Å². The van der Waals surface area contributed by atoms with Crippen LogP contribution >= 0.6 is 0 Å².